The highest BCUT2D eigenvalue weighted by molar-refractivity contribution is 6.04. The first-order valence-corrected chi connectivity index (χ1v) is 14.7. The van der Waals surface area contributed by atoms with E-state index in [-0.39, 0.29) is 36.4 Å². The number of nitrogens with zero attached hydrogens (tertiary/aromatic N) is 4. The van der Waals surface area contributed by atoms with Crippen molar-refractivity contribution in [1.29, 1.82) is 0 Å². The van der Waals surface area contributed by atoms with Gasteiger partial charge in [0, 0.05) is 62.8 Å². The van der Waals surface area contributed by atoms with Gasteiger partial charge in [-0.2, -0.15) is 0 Å². The van der Waals surface area contributed by atoms with Gasteiger partial charge in [-0.3, -0.25) is 24.7 Å². The van der Waals surface area contributed by atoms with Crippen molar-refractivity contribution >= 4 is 28.8 Å². The number of aliphatic hydroxyl groups excluding tert-OH is 1. The van der Waals surface area contributed by atoms with Crippen LogP contribution in [0.25, 0.3) is 11.0 Å². The summed E-state index contributed by atoms with van der Waals surface area (Å²) < 4.78 is 15.6. The Kier molecular flexibility index (Phi) is 9.32. The van der Waals surface area contributed by atoms with Gasteiger partial charge in [0.1, 0.15) is 5.82 Å². The van der Waals surface area contributed by atoms with Gasteiger partial charge in [0.2, 0.25) is 11.9 Å². The van der Waals surface area contributed by atoms with Crippen molar-refractivity contribution in [1.82, 2.24) is 24.7 Å². The minimum Gasteiger partial charge on any atom is -0.395 e. The SMILES string of the molecule is CC(C)NC(=O)C1CCC(n2c(NC(=O)c3ccc(F)cc3)nc3ccc(CN4CCN(CCO)CC4)cc32)CC1. The van der Waals surface area contributed by atoms with E-state index in [2.05, 4.69) is 37.1 Å². The molecule has 2 amide bonds. The van der Waals surface area contributed by atoms with Gasteiger partial charge in [-0.25, -0.2) is 9.37 Å². The highest BCUT2D eigenvalue weighted by atomic mass is 19.1. The zero-order valence-electron chi connectivity index (χ0n) is 24.0. The molecule has 2 heterocycles. The third-order valence-electron chi connectivity index (χ3n) is 8.24. The quantitative estimate of drug-likeness (QED) is 0.366. The molecule has 1 aliphatic heterocycles. The lowest BCUT2D eigenvalue weighted by Gasteiger charge is -2.34. The Bertz CT molecular complexity index is 1340. The van der Waals surface area contributed by atoms with E-state index in [4.69, 9.17) is 4.98 Å². The Balaban J connectivity index is 1.39. The molecule has 1 saturated heterocycles. The van der Waals surface area contributed by atoms with E-state index in [9.17, 15) is 19.1 Å². The van der Waals surface area contributed by atoms with Crippen molar-refractivity contribution in [3.8, 4) is 0 Å². The fraction of sp³-hybridized carbons (Fsp3) is 0.516. The van der Waals surface area contributed by atoms with Gasteiger partial charge in [-0.1, -0.05) is 6.07 Å². The van der Waals surface area contributed by atoms with E-state index in [0.29, 0.717) is 18.1 Å². The molecule has 3 N–H and O–H groups in total. The Hall–Kier alpha value is -3.34. The minimum atomic E-state index is -0.394. The molecule has 41 heavy (non-hydrogen) atoms. The van der Waals surface area contributed by atoms with E-state index in [1.807, 2.05) is 19.9 Å². The van der Waals surface area contributed by atoms with E-state index in [0.717, 1.165) is 69.4 Å². The van der Waals surface area contributed by atoms with Crippen LogP contribution >= 0.6 is 0 Å². The number of hydrogen-bond acceptors (Lipinski definition) is 6. The fourth-order valence-corrected chi connectivity index (χ4v) is 6.04. The third-order valence-corrected chi connectivity index (χ3v) is 8.24. The maximum absolute atomic E-state index is 13.4. The topological polar surface area (TPSA) is 103 Å². The number of aromatic nitrogens is 2. The van der Waals surface area contributed by atoms with Crippen LogP contribution in [0.15, 0.2) is 42.5 Å². The van der Waals surface area contributed by atoms with Crippen molar-refractivity contribution in [2.45, 2.75) is 58.2 Å². The number of β-amino-alcohol motifs (C(OH)–C–C–N with tert-alkyl or cyclic N) is 1. The molecule has 2 aliphatic rings. The number of benzene rings is 2. The minimum absolute atomic E-state index is 0.0132. The zero-order valence-corrected chi connectivity index (χ0v) is 24.0. The summed E-state index contributed by atoms with van der Waals surface area (Å²) in [6.45, 7) is 9.43. The zero-order chi connectivity index (χ0) is 28.9. The molecule has 0 radical (unpaired) electrons. The number of carbonyl (C=O) groups excluding carboxylic acids is 2. The summed E-state index contributed by atoms with van der Waals surface area (Å²) in [4.78, 5) is 35.3. The molecule has 2 fully saturated rings. The number of hydrogen-bond donors (Lipinski definition) is 3. The number of imidazole rings is 1. The molecule has 3 aromatic rings. The number of anilines is 1. The summed E-state index contributed by atoms with van der Waals surface area (Å²) in [5.74, 6) is -0.165. The lowest BCUT2D eigenvalue weighted by molar-refractivity contribution is -0.126. The molecule has 1 aromatic heterocycles. The van der Waals surface area contributed by atoms with Crippen molar-refractivity contribution in [3.63, 3.8) is 0 Å². The number of nitrogens with one attached hydrogen (secondary N) is 2. The van der Waals surface area contributed by atoms with Crippen LogP contribution in [0.2, 0.25) is 0 Å². The molecule has 9 nitrogen and oxygen atoms in total. The maximum Gasteiger partial charge on any atom is 0.257 e. The predicted octanol–water partition coefficient (Wildman–Crippen LogP) is 3.79. The molecule has 0 bridgehead atoms. The first-order valence-electron chi connectivity index (χ1n) is 14.7. The number of amides is 2. The molecule has 2 aromatic carbocycles. The normalized spacial score (nSPS) is 20.4. The van der Waals surface area contributed by atoms with Crippen LogP contribution in [0.4, 0.5) is 10.3 Å². The Morgan fingerprint density at radius 2 is 1.68 bits per heavy atom. The molecule has 10 heteroatoms. The van der Waals surface area contributed by atoms with Gasteiger partial charge in [-0.15, -0.1) is 0 Å². The molecule has 5 rings (SSSR count). The number of piperazine rings is 1. The first-order chi connectivity index (χ1) is 19.8. The molecule has 220 valence electrons. The highest BCUT2D eigenvalue weighted by Crippen LogP contribution is 2.37. The summed E-state index contributed by atoms with van der Waals surface area (Å²) in [6, 6.07) is 12.0. The van der Waals surface area contributed by atoms with Gasteiger partial charge in [0.25, 0.3) is 5.91 Å². The fourth-order valence-electron chi connectivity index (χ4n) is 6.04. The van der Waals surface area contributed by atoms with Crippen molar-refractivity contribution in [3.05, 3.63) is 59.4 Å². The summed E-state index contributed by atoms with van der Waals surface area (Å²) in [5, 5.41) is 15.3. The molecule has 1 saturated carbocycles. The molecular weight excluding hydrogens is 523 g/mol. The number of halogens is 1. The van der Waals surface area contributed by atoms with Crippen LogP contribution in [-0.4, -0.2) is 81.6 Å². The van der Waals surface area contributed by atoms with E-state index < -0.39 is 5.82 Å². The Labute approximate surface area is 240 Å². The van der Waals surface area contributed by atoms with Crippen LogP contribution in [0.1, 0.15) is 61.5 Å². The number of carbonyl (C=O) groups is 2. The Morgan fingerprint density at radius 1 is 1.00 bits per heavy atom. The maximum atomic E-state index is 13.4. The Morgan fingerprint density at radius 3 is 2.34 bits per heavy atom. The van der Waals surface area contributed by atoms with Crippen LogP contribution in [-0.2, 0) is 11.3 Å². The molecule has 0 spiro atoms. The second-order valence-corrected chi connectivity index (χ2v) is 11.6. The largest absolute Gasteiger partial charge is 0.395 e. The summed E-state index contributed by atoms with van der Waals surface area (Å²) in [7, 11) is 0. The molecule has 0 unspecified atom stereocenters. The van der Waals surface area contributed by atoms with E-state index >= 15 is 0 Å². The second-order valence-electron chi connectivity index (χ2n) is 11.6. The highest BCUT2D eigenvalue weighted by Gasteiger charge is 2.30. The van der Waals surface area contributed by atoms with Gasteiger partial charge in [0.05, 0.1) is 17.6 Å². The van der Waals surface area contributed by atoms with E-state index in [1.165, 1.54) is 29.8 Å². The molecule has 1 aliphatic carbocycles. The van der Waals surface area contributed by atoms with Gasteiger partial charge in [-0.05, 0) is 81.5 Å². The predicted molar refractivity (Wildman–Crippen MR) is 157 cm³/mol. The summed E-state index contributed by atoms with van der Waals surface area (Å²) >= 11 is 0. The van der Waals surface area contributed by atoms with E-state index in [1.54, 1.807) is 0 Å². The van der Waals surface area contributed by atoms with Crippen molar-refractivity contribution < 1.29 is 19.1 Å². The standard InChI is InChI=1S/C31H41FN6O3/c1-21(2)33-29(40)24-6-10-26(11-7-24)38-28-19-22(20-37-15-13-36(14-16-37)17-18-39)3-12-27(28)34-31(38)35-30(41)23-4-8-25(32)9-5-23/h3-5,8-9,12,19,21,24,26,39H,6-7,10-11,13-18,20H2,1-2H3,(H,33,40)(H,34,35,41). The summed E-state index contributed by atoms with van der Waals surface area (Å²) in [5.41, 5.74) is 3.30. The first kappa shape index (κ1) is 29.2. The monoisotopic (exact) mass is 564 g/mol. The lowest BCUT2D eigenvalue weighted by atomic mass is 9.85. The van der Waals surface area contributed by atoms with Crippen LogP contribution in [0.5, 0.6) is 0 Å². The molecule has 0 atom stereocenters. The van der Waals surface area contributed by atoms with Gasteiger partial charge >= 0.3 is 0 Å². The average molecular weight is 565 g/mol. The van der Waals surface area contributed by atoms with Gasteiger partial charge < -0.3 is 15.0 Å². The van der Waals surface area contributed by atoms with Crippen molar-refractivity contribution in [2.24, 2.45) is 5.92 Å². The van der Waals surface area contributed by atoms with Crippen LogP contribution < -0.4 is 10.6 Å². The smallest absolute Gasteiger partial charge is 0.257 e. The second kappa shape index (κ2) is 13.1. The summed E-state index contributed by atoms with van der Waals surface area (Å²) in [6.07, 6.45) is 3.15. The van der Waals surface area contributed by atoms with Crippen LogP contribution in [0, 0.1) is 11.7 Å². The number of fused-ring (bicyclic) bond motifs is 1. The van der Waals surface area contributed by atoms with Crippen molar-refractivity contribution in [2.75, 3.05) is 44.6 Å². The molecular formula is C31H41FN6O3. The number of aliphatic hydroxyl groups is 1. The lowest BCUT2D eigenvalue weighted by Crippen LogP contribution is -2.46. The van der Waals surface area contributed by atoms with Crippen LogP contribution in [0.3, 0.4) is 0 Å². The number of rotatable bonds is 9. The van der Waals surface area contributed by atoms with Gasteiger partial charge in [0.15, 0.2) is 0 Å². The average Bonchev–Trinajstić information content (AvgIpc) is 3.31. The third kappa shape index (κ3) is 7.12.